The molecule has 0 amide bonds. The van der Waals surface area contributed by atoms with Crippen LogP contribution in [0.1, 0.15) is 24.5 Å². The van der Waals surface area contributed by atoms with E-state index in [4.69, 9.17) is 5.10 Å². The lowest BCUT2D eigenvalue weighted by Gasteiger charge is -2.07. The highest BCUT2D eigenvalue weighted by Gasteiger charge is 2.29. The molecule has 29 heavy (non-hydrogen) atoms. The molecule has 2 heterocycles. The van der Waals surface area contributed by atoms with Gasteiger partial charge in [0.1, 0.15) is 5.82 Å². The molecule has 0 N–H and O–H groups in total. The van der Waals surface area contributed by atoms with Gasteiger partial charge in [-0.05, 0) is 43.2 Å². The smallest absolute Gasteiger partial charge is 0.224 e. The van der Waals surface area contributed by atoms with Crippen molar-refractivity contribution in [1.29, 1.82) is 0 Å². The number of aromatic nitrogens is 4. The van der Waals surface area contributed by atoms with Gasteiger partial charge in [0.2, 0.25) is 0 Å². The first kappa shape index (κ1) is 17.9. The fourth-order valence-corrected chi connectivity index (χ4v) is 4.01. The van der Waals surface area contributed by atoms with Crippen molar-refractivity contribution in [1.82, 2.24) is 19.7 Å². The Hall–Kier alpha value is -3.13. The largest absolute Gasteiger partial charge is 0.251 e. The summed E-state index contributed by atoms with van der Waals surface area (Å²) in [7, 11) is -3.45. The second kappa shape index (κ2) is 6.45. The van der Waals surface area contributed by atoms with E-state index in [9.17, 15) is 12.8 Å². The topological polar surface area (TPSA) is 77.7 Å². The zero-order valence-electron chi connectivity index (χ0n) is 15.5. The molecule has 1 fully saturated rings. The normalized spacial score (nSPS) is 14.4. The highest BCUT2D eigenvalue weighted by Crippen LogP contribution is 2.42. The van der Waals surface area contributed by atoms with Crippen LogP contribution in [0.2, 0.25) is 0 Å². The van der Waals surface area contributed by atoms with E-state index in [2.05, 4.69) is 16.0 Å². The van der Waals surface area contributed by atoms with E-state index in [-0.39, 0.29) is 10.5 Å². The minimum absolute atomic E-state index is 0.0423. The molecule has 5 rings (SSSR count). The number of nitrogens with zero attached hydrogens (tertiary/aromatic N) is 4. The van der Waals surface area contributed by atoms with Gasteiger partial charge in [-0.2, -0.15) is 9.78 Å². The van der Waals surface area contributed by atoms with Crippen LogP contribution in [0.15, 0.2) is 53.7 Å². The van der Waals surface area contributed by atoms with Gasteiger partial charge < -0.3 is 0 Å². The van der Waals surface area contributed by atoms with Crippen molar-refractivity contribution in [2.75, 3.05) is 6.26 Å². The van der Waals surface area contributed by atoms with Crippen molar-refractivity contribution in [2.24, 2.45) is 0 Å². The highest BCUT2D eigenvalue weighted by molar-refractivity contribution is 7.90. The maximum absolute atomic E-state index is 14.3. The van der Waals surface area contributed by atoms with Crippen LogP contribution in [0.3, 0.4) is 0 Å². The molecule has 0 bridgehead atoms. The summed E-state index contributed by atoms with van der Waals surface area (Å²) < 4.78 is 39.5. The fraction of sp³-hybridized carbons (Fsp3) is 0.190. The first-order chi connectivity index (χ1) is 13.9. The number of rotatable bonds is 4. The molecular weight excluding hydrogens is 391 g/mol. The molecule has 1 aliphatic rings. The molecule has 0 spiro atoms. The molecule has 8 heteroatoms. The van der Waals surface area contributed by atoms with Gasteiger partial charge >= 0.3 is 0 Å². The van der Waals surface area contributed by atoms with Crippen molar-refractivity contribution in [2.45, 2.75) is 23.7 Å². The predicted octanol–water partition coefficient (Wildman–Crippen LogP) is 3.70. The monoisotopic (exact) mass is 407 g/mol. The van der Waals surface area contributed by atoms with Crippen molar-refractivity contribution in [3.05, 3.63) is 66.4 Å². The zero-order chi connectivity index (χ0) is 20.2. The molecule has 0 unspecified atom stereocenters. The van der Waals surface area contributed by atoms with Crippen LogP contribution in [-0.2, 0) is 9.84 Å². The number of sulfone groups is 1. The van der Waals surface area contributed by atoms with Crippen molar-refractivity contribution >= 4 is 20.7 Å². The van der Waals surface area contributed by atoms with Crippen LogP contribution in [-0.4, -0.2) is 34.4 Å². The molecule has 145 valence electrons. The maximum atomic E-state index is 14.3. The van der Waals surface area contributed by atoms with Gasteiger partial charge in [0, 0.05) is 41.1 Å². The molecule has 1 aliphatic carbocycles. The SMILES string of the molecule is CS(=O)(=O)c1ccc(F)c(-c2cnc(-n3nc(C4CC4)c4cc[c]cc43)nc2)c1. The Bertz CT molecular complexity index is 1340. The van der Waals surface area contributed by atoms with Crippen molar-refractivity contribution in [3.8, 4) is 17.1 Å². The first-order valence-electron chi connectivity index (χ1n) is 9.13. The molecule has 2 aromatic carbocycles. The number of halogens is 1. The molecule has 4 aromatic rings. The van der Waals surface area contributed by atoms with Crippen LogP contribution in [0.4, 0.5) is 4.39 Å². The number of hydrogen-bond acceptors (Lipinski definition) is 5. The van der Waals surface area contributed by atoms with E-state index in [0.717, 1.165) is 41.8 Å². The van der Waals surface area contributed by atoms with Crippen molar-refractivity contribution in [3.63, 3.8) is 0 Å². The van der Waals surface area contributed by atoms with Crippen LogP contribution >= 0.6 is 0 Å². The second-order valence-electron chi connectivity index (χ2n) is 7.20. The molecule has 2 aromatic heterocycles. The second-order valence-corrected chi connectivity index (χ2v) is 9.22. The maximum Gasteiger partial charge on any atom is 0.251 e. The Labute approximate surface area is 167 Å². The Morgan fingerprint density at radius 1 is 1.17 bits per heavy atom. The summed E-state index contributed by atoms with van der Waals surface area (Å²) in [5, 5.41) is 5.77. The van der Waals surface area contributed by atoms with E-state index in [1.807, 2.05) is 18.2 Å². The highest BCUT2D eigenvalue weighted by atomic mass is 32.2. The predicted molar refractivity (Wildman–Crippen MR) is 106 cm³/mol. The molecule has 0 aliphatic heterocycles. The van der Waals surface area contributed by atoms with E-state index in [1.165, 1.54) is 24.5 Å². The van der Waals surface area contributed by atoms with Gasteiger partial charge in [-0.1, -0.05) is 12.1 Å². The lowest BCUT2D eigenvalue weighted by molar-refractivity contribution is 0.600. The first-order valence-corrected chi connectivity index (χ1v) is 11.0. The summed E-state index contributed by atoms with van der Waals surface area (Å²) in [6.45, 7) is 0. The fourth-order valence-electron chi connectivity index (χ4n) is 3.37. The molecular formula is C21H16FN4O2S. The number of benzene rings is 2. The van der Waals surface area contributed by atoms with Crippen LogP contribution in [0, 0.1) is 11.9 Å². The van der Waals surface area contributed by atoms with Gasteiger partial charge in [-0.3, -0.25) is 0 Å². The van der Waals surface area contributed by atoms with E-state index >= 15 is 0 Å². The van der Waals surface area contributed by atoms with Gasteiger partial charge in [0.05, 0.1) is 16.1 Å². The van der Waals surface area contributed by atoms with Gasteiger partial charge in [-0.15, -0.1) is 0 Å². The Morgan fingerprint density at radius 2 is 1.93 bits per heavy atom. The van der Waals surface area contributed by atoms with Gasteiger partial charge in [0.25, 0.3) is 5.95 Å². The quantitative estimate of drug-likeness (QED) is 0.482. The molecule has 1 saturated carbocycles. The van der Waals surface area contributed by atoms with Crippen LogP contribution in [0.25, 0.3) is 28.0 Å². The summed E-state index contributed by atoms with van der Waals surface area (Å²) in [5.41, 5.74) is 2.43. The minimum Gasteiger partial charge on any atom is -0.224 e. The summed E-state index contributed by atoms with van der Waals surface area (Å²) in [6, 6.07) is 12.4. The molecule has 1 radical (unpaired) electrons. The lowest BCUT2D eigenvalue weighted by Crippen LogP contribution is -2.04. The third kappa shape index (κ3) is 3.19. The lowest BCUT2D eigenvalue weighted by atomic mass is 10.1. The van der Waals surface area contributed by atoms with E-state index < -0.39 is 15.7 Å². The third-order valence-corrected chi connectivity index (χ3v) is 6.13. The van der Waals surface area contributed by atoms with Crippen LogP contribution < -0.4 is 0 Å². The number of fused-ring (bicyclic) bond motifs is 1. The average Bonchev–Trinajstić information content (AvgIpc) is 3.48. The van der Waals surface area contributed by atoms with Gasteiger partial charge in [0.15, 0.2) is 9.84 Å². The Balaban J connectivity index is 1.58. The zero-order valence-corrected chi connectivity index (χ0v) is 16.3. The Kier molecular flexibility index (Phi) is 3.99. The van der Waals surface area contributed by atoms with E-state index in [1.54, 1.807) is 4.68 Å². The molecule has 0 atom stereocenters. The molecule has 6 nitrogen and oxygen atoms in total. The summed E-state index contributed by atoms with van der Waals surface area (Å²) >= 11 is 0. The van der Waals surface area contributed by atoms with Gasteiger partial charge in [-0.25, -0.2) is 22.8 Å². The summed E-state index contributed by atoms with van der Waals surface area (Å²) in [5.74, 6) is 0.294. The summed E-state index contributed by atoms with van der Waals surface area (Å²) in [4.78, 5) is 8.76. The van der Waals surface area contributed by atoms with Crippen LogP contribution in [0.5, 0.6) is 0 Å². The molecule has 0 saturated heterocycles. The Morgan fingerprint density at radius 3 is 2.62 bits per heavy atom. The minimum atomic E-state index is -3.45. The van der Waals surface area contributed by atoms with E-state index in [0.29, 0.717) is 17.4 Å². The number of hydrogen-bond donors (Lipinski definition) is 0. The standard InChI is InChI=1S/C21H16FN4O2S/c1-29(27,28)15-8-9-18(22)17(10-15)14-11-23-21(24-12-14)26-19-5-3-2-4-16(19)20(25-26)13-6-7-13/h2,4-5,8-13H,6-7H2,1H3. The summed E-state index contributed by atoms with van der Waals surface area (Å²) in [6.07, 6.45) is 6.29. The average molecular weight is 407 g/mol. The third-order valence-electron chi connectivity index (χ3n) is 5.02. The van der Waals surface area contributed by atoms with Crippen molar-refractivity contribution < 1.29 is 12.8 Å².